The monoisotopic (exact) mass is 327 g/mol. The van der Waals surface area contributed by atoms with E-state index in [-0.39, 0.29) is 6.61 Å². The highest BCUT2D eigenvalue weighted by molar-refractivity contribution is 6.31. The number of benzene rings is 2. The Kier molecular flexibility index (Phi) is 3.48. The molecule has 0 spiro atoms. The highest BCUT2D eigenvalue weighted by atomic mass is 35.5. The van der Waals surface area contributed by atoms with Gasteiger partial charge < -0.3 is 9.67 Å². The van der Waals surface area contributed by atoms with E-state index in [4.69, 9.17) is 11.6 Å². The summed E-state index contributed by atoms with van der Waals surface area (Å²) in [5, 5.41) is 18.4. The Morgan fingerprint density at radius 3 is 2.78 bits per heavy atom. The number of aliphatic hydroxyl groups excluding tert-OH is 1. The van der Waals surface area contributed by atoms with Crippen LogP contribution in [0, 0.1) is 0 Å². The molecule has 2 aromatic heterocycles. The minimum Gasteiger partial charge on any atom is -0.395 e. The van der Waals surface area contributed by atoms with Crippen LogP contribution in [-0.4, -0.2) is 36.3 Å². The molecule has 0 unspecified atom stereocenters. The van der Waals surface area contributed by atoms with E-state index in [1.54, 1.807) is 0 Å². The third-order valence-electron chi connectivity index (χ3n) is 3.82. The van der Waals surface area contributed by atoms with Crippen LogP contribution in [0.4, 0.5) is 0 Å². The molecule has 0 bridgehead atoms. The Labute approximate surface area is 136 Å². The van der Waals surface area contributed by atoms with E-state index in [0.717, 1.165) is 27.9 Å². The normalized spacial score (nSPS) is 11.6. The molecule has 0 amide bonds. The predicted octanol–water partition coefficient (Wildman–Crippen LogP) is 2.48. The van der Waals surface area contributed by atoms with Crippen molar-refractivity contribution in [1.29, 1.82) is 0 Å². The second-order valence-corrected chi connectivity index (χ2v) is 5.71. The van der Waals surface area contributed by atoms with Crippen LogP contribution in [0.5, 0.6) is 0 Å². The van der Waals surface area contributed by atoms with Gasteiger partial charge in [-0.05, 0) is 30.3 Å². The van der Waals surface area contributed by atoms with Gasteiger partial charge in [-0.15, -0.1) is 5.10 Å². The molecule has 0 saturated carbocycles. The van der Waals surface area contributed by atoms with E-state index in [9.17, 15) is 5.11 Å². The summed E-state index contributed by atoms with van der Waals surface area (Å²) in [6.07, 6.45) is 0. The first kappa shape index (κ1) is 14.2. The first-order valence-corrected chi connectivity index (χ1v) is 7.68. The molecule has 4 aromatic rings. The van der Waals surface area contributed by atoms with Gasteiger partial charge in [-0.25, -0.2) is 9.67 Å². The minimum atomic E-state index is 0.0308. The summed E-state index contributed by atoms with van der Waals surface area (Å²) < 4.78 is 3.78. The minimum absolute atomic E-state index is 0.0308. The molecule has 0 radical (unpaired) electrons. The number of rotatable bonds is 4. The van der Waals surface area contributed by atoms with Gasteiger partial charge in [-0.3, -0.25) is 0 Å². The highest BCUT2D eigenvalue weighted by Gasteiger charge is 2.13. The molecule has 23 heavy (non-hydrogen) atoms. The van der Waals surface area contributed by atoms with Crippen molar-refractivity contribution in [3.8, 4) is 0 Å². The average Bonchev–Trinajstić information content (AvgIpc) is 3.11. The lowest BCUT2D eigenvalue weighted by molar-refractivity contribution is 0.275. The SMILES string of the molecule is OCCn1c(Cn2nnc3ccccc32)nc2ccc(Cl)cc21. The zero-order valence-electron chi connectivity index (χ0n) is 12.2. The molecule has 0 aliphatic carbocycles. The Bertz CT molecular complexity index is 991. The van der Waals surface area contributed by atoms with Crippen LogP contribution >= 0.6 is 11.6 Å². The van der Waals surface area contributed by atoms with Crippen LogP contribution in [0.25, 0.3) is 22.1 Å². The van der Waals surface area contributed by atoms with Gasteiger partial charge >= 0.3 is 0 Å². The van der Waals surface area contributed by atoms with Gasteiger partial charge in [0, 0.05) is 11.6 Å². The van der Waals surface area contributed by atoms with E-state index in [1.165, 1.54) is 0 Å². The summed E-state index contributed by atoms with van der Waals surface area (Å²) in [7, 11) is 0. The number of aromatic nitrogens is 5. The van der Waals surface area contributed by atoms with Crippen LogP contribution in [-0.2, 0) is 13.1 Å². The summed E-state index contributed by atoms with van der Waals surface area (Å²) in [5.41, 5.74) is 3.56. The molecule has 0 saturated heterocycles. The van der Waals surface area contributed by atoms with Crippen molar-refractivity contribution in [1.82, 2.24) is 24.5 Å². The van der Waals surface area contributed by atoms with Gasteiger partial charge in [0.05, 0.1) is 23.2 Å². The largest absolute Gasteiger partial charge is 0.395 e. The van der Waals surface area contributed by atoms with Crippen molar-refractivity contribution in [2.75, 3.05) is 6.61 Å². The number of hydrogen-bond donors (Lipinski definition) is 1. The molecule has 0 atom stereocenters. The summed E-state index contributed by atoms with van der Waals surface area (Å²) in [6.45, 7) is 0.967. The molecular weight excluding hydrogens is 314 g/mol. The second-order valence-electron chi connectivity index (χ2n) is 5.27. The fourth-order valence-corrected chi connectivity index (χ4v) is 2.95. The molecule has 2 aromatic carbocycles. The van der Waals surface area contributed by atoms with Gasteiger partial charge in [0.25, 0.3) is 0 Å². The lowest BCUT2D eigenvalue weighted by atomic mass is 10.3. The van der Waals surface area contributed by atoms with E-state index in [2.05, 4.69) is 15.3 Å². The molecule has 0 fully saturated rings. The predicted molar refractivity (Wildman–Crippen MR) is 88.5 cm³/mol. The maximum Gasteiger partial charge on any atom is 0.131 e. The smallest absolute Gasteiger partial charge is 0.131 e. The van der Waals surface area contributed by atoms with Crippen molar-refractivity contribution < 1.29 is 5.11 Å². The maximum atomic E-state index is 9.37. The fourth-order valence-electron chi connectivity index (χ4n) is 2.78. The van der Waals surface area contributed by atoms with Crippen LogP contribution in [0.1, 0.15) is 5.82 Å². The van der Waals surface area contributed by atoms with E-state index in [1.807, 2.05) is 51.7 Å². The Morgan fingerprint density at radius 2 is 1.91 bits per heavy atom. The number of hydrogen-bond acceptors (Lipinski definition) is 4. The Balaban J connectivity index is 1.83. The summed E-state index contributed by atoms with van der Waals surface area (Å²) >= 11 is 6.09. The molecule has 4 rings (SSSR count). The third kappa shape index (κ3) is 2.46. The maximum absolute atomic E-state index is 9.37. The molecule has 6 nitrogen and oxygen atoms in total. The van der Waals surface area contributed by atoms with E-state index < -0.39 is 0 Å². The van der Waals surface area contributed by atoms with Crippen molar-refractivity contribution in [2.24, 2.45) is 0 Å². The fraction of sp³-hybridized carbons (Fsp3) is 0.188. The second kappa shape index (κ2) is 5.64. The molecule has 1 N–H and O–H groups in total. The number of para-hydroxylation sites is 1. The van der Waals surface area contributed by atoms with E-state index >= 15 is 0 Å². The lowest BCUT2D eigenvalue weighted by Crippen LogP contribution is -2.11. The molecule has 7 heteroatoms. The molecular formula is C16H14ClN5O. The van der Waals surface area contributed by atoms with Crippen molar-refractivity contribution >= 4 is 33.7 Å². The zero-order valence-corrected chi connectivity index (χ0v) is 13.0. The number of imidazole rings is 1. The summed E-state index contributed by atoms with van der Waals surface area (Å²) in [6, 6.07) is 13.4. The van der Waals surface area contributed by atoms with Crippen LogP contribution in [0.15, 0.2) is 42.5 Å². The Morgan fingerprint density at radius 1 is 1.04 bits per heavy atom. The highest BCUT2D eigenvalue weighted by Crippen LogP contribution is 2.22. The van der Waals surface area contributed by atoms with Crippen LogP contribution < -0.4 is 0 Å². The third-order valence-corrected chi connectivity index (χ3v) is 4.06. The first-order chi connectivity index (χ1) is 11.3. The average molecular weight is 328 g/mol. The number of fused-ring (bicyclic) bond motifs is 2. The molecule has 0 aliphatic heterocycles. The van der Waals surface area contributed by atoms with Gasteiger partial charge in [-0.2, -0.15) is 0 Å². The van der Waals surface area contributed by atoms with Crippen molar-refractivity contribution in [3.63, 3.8) is 0 Å². The molecule has 0 aliphatic rings. The van der Waals surface area contributed by atoms with Gasteiger partial charge in [0.1, 0.15) is 17.9 Å². The van der Waals surface area contributed by atoms with Gasteiger partial charge in [0.15, 0.2) is 0 Å². The number of aliphatic hydroxyl groups is 1. The van der Waals surface area contributed by atoms with Crippen LogP contribution in [0.2, 0.25) is 5.02 Å². The van der Waals surface area contributed by atoms with Gasteiger partial charge in [-0.1, -0.05) is 28.9 Å². The summed E-state index contributed by atoms with van der Waals surface area (Å²) in [4.78, 5) is 4.66. The standard InChI is InChI=1S/C16H14ClN5O/c17-11-5-6-12-15(9-11)21(7-8-23)16(18-12)10-22-14-4-2-1-3-13(14)19-20-22/h1-6,9,23H,7-8,10H2. The number of nitrogens with zero attached hydrogens (tertiary/aromatic N) is 5. The van der Waals surface area contributed by atoms with Crippen molar-refractivity contribution in [3.05, 3.63) is 53.3 Å². The summed E-state index contributed by atoms with van der Waals surface area (Å²) in [5.74, 6) is 0.812. The van der Waals surface area contributed by atoms with Crippen molar-refractivity contribution in [2.45, 2.75) is 13.1 Å². The quantitative estimate of drug-likeness (QED) is 0.625. The number of halogens is 1. The zero-order chi connectivity index (χ0) is 15.8. The topological polar surface area (TPSA) is 68.8 Å². The van der Waals surface area contributed by atoms with E-state index in [0.29, 0.717) is 18.1 Å². The molecule has 2 heterocycles. The lowest BCUT2D eigenvalue weighted by Gasteiger charge is -2.08. The van der Waals surface area contributed by atoms with Gasteiger partial charge in [0.2, 0.25) is 0 Å². The molecule has 116 valence electrons. The van der Waals surface area contributed by atoms with Crippen LogP contribution in [0.3, 0.4) is 0 Å². The Hall–Kier alpha value is -2.44. The first-order valence-electron chi connectivity index (χ1n) is 7.30.